The van der Waals surface area contributed by atoms with Crippen molar-refractivity contribution in [3.63, 3.8) is 0 Å². The molecule has 4 rings (SSSR count). The summed E-state index contributed by atoms with van der Waals surface area (Å²) in [5.41, 5.74) is 3.73. The van der Waals surface area contributed by atoms with Crippen LogP contribution in [-0.4, -0.2) is 22.1 Å². The number of hydrogen-bond donors (Lipinski definition) is 3. The molecule has 3 aliphatic carbocycles. The fourth-order valence-corrected chi connectivity index (χ4v) is 5.11. The number of aliphatic carboxylic acids is 1. The fourth-order valence-electron chi connectivity index (χ4n) is 5.11. The van der Waals surface area contributed by atoms with Gasteiger partial charge in [0, 0.05) is 16.8 Å². The molecule has 6 heteroatoms. The van der Waals surface area contributed by atoms with Crippen molar-refractivity contribution >= 4 is 23.1 Å². The lowest BCUT2D eigenvalue weighted by molar-refractivity contribution is -0.145. The molecule has 3 aliphatic rings. The Labute approximate surface area is 200 Å². The third kappa shape index (κ3) is 5.00. The summed E-state index contributed by atoms with van der Waals surface area (Å²) in [5.74, 6) is -1.43. The molecule has 0 saturated heterocycles. The van der Waals surface area contributed by atoms with Crippen molar-refractivity contribution in [1.82, 2.24) is 0 Å². The predicted molar refractivity (Wildman–Crippen MR) is 132 cm³/mol. The number of rotatable bonds is 5. The Morgan fingerprint density at radius 2 is 1.88 bits per heavy atom. The highest BCUT2D eigenvalue weighted by Gasteiger charge is 2.37. The van der Waals surface area contributed by atoms with Crippen molar-refractivity contribution in [2.24, 2.45) is 11.3 Å². The van der Waals surface area contributed by atoms with Crippen LogP contribution in [0.4, 0.5) is 5.69 Å². The number of carbonyl (C=O) groups excluding carboxylic acids is 1. The molecule has 0 unspecified atom stereocenters. The quantitative estimate of drug-likeness (QED) is 0.483. The van der Waals surface area contributed by atoms with E-state index in [-0.39, 0.29) is 11.3 Å². The van der Waals surface area contributed by atoms with E-state index >= 15 is 0 Å². The van der Waals surface area contributed by atoms with Crippen molar-refractivity contribution in [3.8, 4) is 0 Å². The van der Waals surface area contributed by atoms with E-state index in [4.69, 9.17) is 6.57 Å². The summed E-state index contributed by atoms with van der Waals surface area (Å²) in [5, 5.41) is 23.8. The number of carbonyl (C=O) groups is 2. The monoisotopic (exact) mass is 460 g/mol. The van der Waals surface area contributed by atoms with Gasteiger partial charge in [-0.25, -0.2) is 4.85 Å². The van der Waals surface area contributed by atoms with Crippen LogP contribution in [0, 0.1) is 17.9 Å². The lowest BCUT2D eigenvalue weighted by Gasteiger charge is -2.36. The summed E-state index contributed by atoms with van der Waals surface area (Å²) >= 11 is 0. The van der Waals surface area contributed by atoms with Crippen molar-refractivity contribution in [2.75, 3.05) is 5.32 Å². The van der Waals surface area contributed by atoms with E-state index in [1.165, 1.54) is 0 Å². The number of allylic oxidation sites excluding steroid dienone is 4. The Morgan fingerprint density at radius 3 is 2.47 bits per heavy atom. The molecule has 0 aliphatic heterocycles. The number of carboxylic acids is 1. The third-order valence-corrected chi connectivity index (χ3v) is 7.56. The molecule has 1 saturated carbocycles. The van der Waals surface area contributed by atoms with Crippen LogP contribution in [0.3, 0.4) is 0 Å². The summed E-state index contributed by atoms with van der Waals surface area (Å²) in [4.78, 5) is 27.7. The molecular formula is C28H32N2O4. The molecule has 1 aromatic rings. The second kappa shape index (κ2) is 9.23. The first-order valence-corrected chi connectivity index (χ1v) is 12.0. The van der Waals surface area contributed by atoms with E-state index in [0.717, 1.165) is 36.0 Å². The first kappa shape index (κ1) is 24.0. The Balaban J connectivity index is 1.64. The van der Waals surface area contributed by atoms with Gasteiger partial charge in [0.15, 0.2) is 5.70 Å². The maximum atomic E-state index is 12.9. The molecule has 178 valence electrons. The molecule has 0 aromatic heterocycles. The molecular weight excluding hydrogens is 428 g/mol. The average Bonchev–Trinajstić information content (AvgIpc) is 3.29. The second-order valence-corrected chi connectivity index (χ2v) is 10.6. The van der Waals surface area contributed by atoms with Crippen molar-refractivity contribution in [3.05, 3.63) is 70.2 Å². The zero-order valence-electron chi connectivity index (χ0n) is 19.9. The standard InChI is InChI=1S/C28H32N2O4/c1-27(2)12-8-18(9-13-27)23-17-21(28(34)14-10-19(11-15-28)26(32)33)5-7-24(23)30-25(31)20-4-6-22(16-20)29-3/h5-8,16-17,19,34H,4,9-15H2,1-2H3,(H,30,31)(H,32,33). The zero-order valence-corrected chi connectivity index (χ0v) is 19.9. The number of carboxylic acid groups (broad SMARTS) is 1. The van der Waals surface area contributed by atoms with Crippen LogP contribution in [0.5, 0.6) is 0 Å². The van der Waals surface area contributed by atoms with Crippen LogP contribution < -0.4 is 5.32 Å². The van der Waals surface area contributed by atoms with E-state index in [9.17, 15) is 19.8 Å². The minimum Gasteiger partial charge on any atom is -0.481 e. The summed E-state index contributed by atoms with van der Waals surface area (Å²) in [6.45, 7) is 11.6. The van der Waals surface area contributed by atoms with E-state index in [2.05, 4.69) is 30.1 Å². The molecule has 3 N–H and O–H groups in total. The minimum absolute atomic E-state index is 0.221. The molecule has 34 heavy (non-hydrogen) atoms. The predicted octanol–water partition coefficient (Wildman–Crippen LogP) is 5.81. The largest absolute Gasteiger partial charge is 0.481 e. The van der Waals surface area contributed by atoms with E-state index in [1.54, 1.807) is 12.2 Å². The molecule has 0 atom stereocenters. The molecule has 0 bridgehead atoms. The number of nitrogens with zero attached hydrogens (tertiary/aromatic N) is 1. The van der Waals surface area contributed by atoms with Gasteiger partial charge in [-0.05, 0) is 86.1 Å². The number of amides is 1. The van der Waals surface area contributed by atoms with Gasteiger partial charge >= 0.3 is 5.97 Å². The van der Waals surface area contributed by atoms with E-state index < -0.39 is 17.5 Å². The van der Waals surface area contributed by atoms with Gasteiger partial charge in [-0.2, -0.15) is 0 Å². The zero-order chi connectivity index (χ0) is 24.5. The minimum atomic E-state index is -1.07. The summed E-state index contributed by atoms with van der Waals surface area (Å²) in [6.07, 6.45) is 10.6. The molecule has 0 heterocycles. The van der Waals surface area contributed by atoms with Gasteiger partial charge in [-0.3, -0.25) is 9.59 Å². The summed E-state index contributed by atoms with van der Waals surface area (Å²) in [6, 6.07) is 5.68. The number of benzene rings is 1. The second-order valence-electron chi connectivity index (χ2n) is 10.6. The highest BCUT2D eigenvalue weighted by Crippen LogP contribution is 2.44. The Kier molecular flexibility index (Phi) is 6.51. The van der Waals surface area contributed by atoms with Gasteiger partial charge in [0.1, 0.15) is 0 Å². The van der Waals surface area contributed by atoms with Gasteiger partial charge in [0.25, 0.3) is 5.91 Å². The Hall–Kier alpha value is -3.17. The summed E-state index contributed by atoms with van der Waals surface area (Å²) in [7, 11) is 0. The SMILES string of the molecule is [C-]#[N+]C1=CCC(C(=O)Nc2ccc(C3(O)CCC(C(=O)O)CC3)cc2C2=CCC(C)(C)CC2)=C1. The first-order valence-electron chi connectivity index (χ1n) is 12.0. The van der Waals surface area contributed by atoms with Gasteiger partial charge in [-0.1, -0.05) is 32.1 Å². The maximum Gasteiger partial charge on any atom is 0.306 e. The van der Waals surface area contributed by atoms with Crippen LogP contribution in [0.1, 0.15) is 76.3 Å². The number of hydrogen-bond acceptors (Lipinski definition) is 3. The molecule has 1 fully saturated rings. The summed E-state index contributed by atoms with van der Waals surface area (Å²) < 4.78 is 0. The smallest absolute Gasteiger partial charge is 0.306 e. The highest BCUT2D eigenvalue weighted by molar-refractivity contribution is 6.06. The topological polar surface area (TPSA) is 91.0 Å². The molecule has 0 radical (unpaired) electrons. The normalized spacial score (nSPS) is 26.1. The van der Waals surface area contributed by atoms with E-state index in [1.807, 2.05) is 18.2 Å². The van der Waals surface area contributed by atoms with Crippen LogP contribution in [0.25, 0.3) is 10.4 Å². The maximum absolute atomic E-state index is 12.9. The molecule has 1 amide bonds. The highest BCUT2D eigenvalue weighted by atomic mass is 16.4. The van der Waals surface area contributed by atoms with Crippen molar-refractivity contribution in [2.45, 2.75) is 70.8 Å². The third-order valence-electron chi connectivity index (χ3n) is 7.56. The Morgan fingerprint density at radius 1 is 1.15 bits per heavy atom. The lowest BCUT2D eigenvalue weighted by Crippen LogP contribution is -2.34. The number of aliphatic hydroxyl groups is 1. The van der Waals surface area contributed by atoms with Crippen LogP contribution in [0.15, 0.2) is 47.7 Å². The molecule has 0 spiro atoms. The lowest BCUT2D eigenvalue weighted by atomic mass is 9.73. The molecule has 1 aromatic carbocycles. The van der Waals surface area contributed by atoms with Crippen molar-refractivity contribution < 1.29 is 19.8 Å². The van der Waals surface area contributed by atoms with Crippen LogP contribution >= 0.6 is 0 Å². The van der Waals surface area contributed by atoms with Gasteiger partial charge < -0.3 is 15.5 Å². The molecule has 6 nitrogen and oxygen atoms in total. The van der Waals surface area contributed by atoms with Gasteiger partial charge in [0.2, 0.25) is 0 Å². The van der Waals surface area contributed by atoms with E-state index in [0.29, 0.717) is 49.1 Å². The average molecular weight is 461 g/mol. The van der Waals surface area contributed by atoms with Crippen LogP contribution in [0.2, 0.25) is 0 Å². The van der Waals surface area contributed by atoms with Gasteiger partial charge in [-0.15, -0.1) is 0 Å². The fraction of sp³-hybridized carbons (Fsp3) is 0.464. The number of anilines is 1. The number of nitrogens with one attached hydrogen (secondary N) is 1. The van der Waals surface area contributed by atoms with Crippen molar-refractivity contribution in [1.29, 1.82) is 0 Å². The van der Waals surface area contributed by atoms with Gasteiger partial charge in [0.05, 0.1) is 18.1 Å². The first-order chi connectivity index (χ1) is 16.1. The Bertz CT molecular complexity index is 1140. The van der Waals surface area contributed by atoms with Crippen LogP contribution in [-0.2, 0) is 15.2 Å².